The molecule has 0 unspecified atom stereocenters. The van der Waals surface area contributed by atoms with Crippen LogP contribution in [-0.2, 0) is 13.7 Å². The quantitative estimate of drug-likeness (QED) is 0.297. The molecule has 0 rings (SSSR count). The van der Waals surface area contributed by atoms with Gasteiger partial charge in [-0.15, -0.1) is 0 Å². The minimum Gasteiger partial charge on any atom is -0.822 e. The molecule has 0 heterocycles. The first-order valence-electron chi connectivity index (χ1n) is 2.19. The molecule has 0 saturated heterocycles. The summed E-state index contributed by atoms with van der Waals surface area (Å²) in [7, 11) is -16.2. The molecule has 0 saturated carbocycles. The zero-order valence-corrected chi connectivity index (χ0v) is 11.8. The third kappa shape index (κ3) is 1310. The van der Waals surface area contributed by atoms with Crippen molar-refractivity contribution in [3.8, 4) is 0 Å². The molecule has 0 amide bonds. The van der Waals surface area contributed by atoms with Gasteiger partial charge in [-0.25, -0.2) is 0 Å². The van der Waals surface area contributed by atoms with Gasteiger partial charge in [-0.3, -0.25) is 0 Å². The van der Waals surface area contributed by atoms with E-state index in [0.29, 0.717) is 0 Å². The molecule has 16 heavy (non-hydrogen) atoms. The van der Waals surface area contributed by atoms with Crippen molar-refractivity contribution in [2.24, 2.45) is 0 Å². The van der Waals surface area contributed by atoms with Crippen molar-refractivity contribution in [1.29, 1.82) is 0 Å². The van der Waals surface area contributed by atoms with Crippen LogP contribution in [-0.4, -0.2) is 37.7 Å². The molecule has 0 aliphatic carbocycles. The third-order valence-electron chi connectivity index (χ3n) is 0. The molecular weight excluding hydrogens is 325 g/mol. The molecule has 0 N–H and O–H groups in total. The molecule has 12 nitrogen and oxygen atoms in total. The van der Waals surface area contributed by atoms with E-state index in [9.17, 15) is 0 Å². The second kappa shape index (κ2) is 10.5. The molecule has 0 atom stereocenters. The summed E-state index contributed by atoms with van der Waals surface area (Å²) in [6.45, 7) is 0. The van der Waals surface area contributed by atoms with E-state index in [4.69, 9.17) is 57.7 Å². The number of hydrogen-bond donors (Lipinski definition) is 0. The van der Waals surface area contributed by atoms with Crippen molar-refractivity contribution in [2.45, 2.75) is 0 Å². The summed E-state index contributed by atoms with van der Waals surface area (Å²) in [5.41, 5.74) is 0. The van der Waals surface area contributed by atoms with Gasteiger partial charge in [0.25, 0.3) is 0 Å². The maximum Gasteiger partial charge on any atom is 2.00 e. The molecule has 0 radical (unpaired) electrons. The molecule has 0 aromatic heterocycles. The van der Waals surface area contributed by atoms with E-state index >= 15 is 0 Å². The van der Waals surface area contributed by atoms with E-state index in [1.807, 2.05) is 0 Å². The van der Waals surface area contributed by atoms with E-state index in [0.717, 1.165) is 0 Å². The Morgan fingerprint density at radius 2 is 0.438 bits per heavy atom. The van der Waals surface area contributed by atoms with Crippen molar-refractivity contribution in [1.82, 2.24) is 0 Å². The molecule has 0 aliphatic heterocycles. The fourth-order valence-corrected chi connectivity index (χ4v) is 0. The number of rotatable bonds is 0. The average molecular weight is 325 g/mol. The predicted octanol–water partition coefficient (Wildman–Crippen LogP) is -8.85. The summed E-state index contributed by atoms with van der Waals surface area (Å²) >= 11 is 0. The van der Waals surface area contributed by atoms with Gasteiger partial charge in [0.1, 0.15) is 0 Å². The Kier molecular flexibility index (Phi) is 17.2. The molecule has 0 aromatic rings. The Hall–Kier alpha value is 1.59. The van der Waals surface area contributed by atoms with Gasteiger partial charge < -0.3 is 57.7 Å². The topological polar surface area (TPSA) is 259 Å². The van der Waals surface area contributed by atoms with Crippen molar-refractivity contribution >= 4 is 61.2 Å². The average Bonchev–Trinajstić information content (AvgIpc) is 1.41. The van der Waals surface area contributed by atoms with Gasteiger partial charge in [-0.2, -0.15) is 23.5 Å². The van der Waals surface area contributed by atoms with E-state index < -0.39 is 23.5 Å². The van der Waals surface area contributed by atoms with Crippen LogP contribution in [0.4, 0.5) is 0 Å². The normalized spacial score (nSPS) is 11.1. The fourth-order valence-electron chi connectivity index (χ4n) is 0. The van der Waals surface area contributed by atoms with Crippen LogP contribution >= 0.6 is 23.5 Å². The smallest absolute Gasteiger partial charge is 0.822 e. The fraction of sp³-hybridized carbons (Fsp3) is 0. The summed E-state index contributed by atoms with van der Waals surface area (Å²) in [5.74, 6) is 0. The van der Waals surface area contributed by atoms with Crippen LogP contribution in [0.25, 0.3) is 0 Å². The molecule has 0 fully saturated rings. The monoisotopic (exact) mass is 325 g/mol. The van der Waals surface area contributed by atoms with E-state index in [2.05, 4.69) is 0 Å². The van der Waals surface area contributed by atoms with Gasteiger partial charge in [-0.1, -0.05) is 0 Å². The van der Waals surface area contributed by atoms with E-state index in [-0.39, 0.29) is 37.7 Å². The zero-order chi connectivity index (χ0) is 13.5. The van der Waals surface area contributed by atoms with Crippen molar-refractivity contribution in [3.05, 3.63) is 0 Å². The van der Waals surface area contributed by atoms with E-state index in [1.165, 1.54) is 0 Å². The first-order chi connectivity index (χ1) is 6.00. The largest absolute Gasteiger partial charge is 2.00 e. The number of hydrogen-bond acceptors (Lipinski definition) is 12. The van der Waals surface area contributed by atoms with E-state index in [1.54, 1.807) is 0 Å². The summed E-state index contributed by atoms with van der Waals surface area (Å²) in [5, 5.41) is 0. The van der Waals surface area contributed by atoms with Crippen molar-refractivity contribution in [3.63, 3.8) is 0 Å². The van der Waals surface area contributed by atoms with Crippen LogP contribution in [0.1, 0.15) is 0 Å². The summed E-state index contributed by atoms with van der Waals surface area (Å²) in [6, 6.07) is 0. The SMILES string of the molecule is O=P([O-])([O-])[O-].O=P([O-])([O-])[O-].O=P([O-])([O-])[O-].[Ca+2]. The molecule has 96 valence electrons. The predicted molar refractivity (Wildman–Crippen MR) is 28.6 cm³/mol. The second-order valence-corrected chi connectivity index (χ2v) is 4.02. The molecule has 16 heteroatoms. The summed E-state index contributed by atoms with van der Waals surface area (Å²) < 4.78 is 25.6. The van der Waals surface area contributed by atoms with Gasteiger partial charge in [0.2, 0.25) is 0 Å². The van der Waals surface area contributed by atoms with Crippen LogP contribution < -0.4 is 44.0 Å². The molecular formula is CaO12P3-7. The minimum absolute atomic E-state index is 0. The van der Waals surface area contributed by atoms with Crippen molar-refractivity contribution in [2.75, 3.05) is 0 Å². The summed E-state index contributed by atoms with van der Waals surface area (Å²) in [6.07, 6.45) is 0. The number of phosphoric acid groups is 3. The van der Waals surface area contributed by atoms with Crippen LogP contribution in [0.15, 0.2) is 0 Å². The molecule has 0 spiro atoms. The van der Waals surface area contributed by atoms with Gasteiger partial charge in [0.15, 0.2) is 0 Å². The van der Waals surface area contributed by atoms with Gasteiger partial charge in [-0.05, 0) is 0 Å². The Morgan fingerprint density at radius 3 is 0.438 bits per heavy atom. The molecule has 0 aliphatic rings. The van der Waals surface area contributed by atoms with Crippen LogP contribution in [0.2, 0.25) is 0 Å². The first kappa shape index (κ1) is 26.2. The van der Waals surface area contributed by atoms with Gasteiger partial charge in [0.05, 0.1) is 0 Å². The minimum atomic E-state index is -5.39. The zero-order valence-electron chi connectivity index (χ0n) is 6.95. The Balaban J connectivity index is -0.0000000655. The van der Waals surface area contributed by atoms with Crippen molar-refractivity contribution < 1.29 is 57.7 Å². The van der Waals surface area contributed by atoms with Gasteiger partial charge >= 0.3 is 37.7 Å². The Labute approximate surface area is 118 Å². The first-order valence-corrected chi connectivity index (χ1v) is 6.57. The Bertz CT molecular complexity index is 202. The molecule has 0 aromatic carbocycles. The maximum absolute atomic E-state index is 8.55. The summed E-state index contributed by atoms with van der Waals surface area (Å²) in [4.78, 5) is 76.9. The third-order valence-corrected chi connectivity index (χ3v) is 0. The van der Waals surface area contributed by atoms with Crippen LogP contribution in [0, 0.1) is 0 Å². The van der Waals surface area contributed by atoms with Gasteiger partial charge in [0, 0.05) is 0 Å². The van der Waals surface area contributed by atoms with Crippen LogP contribution in [0.5, 0.6) is 0 Å². The Morgan fingerprint density at radius 1 is 0.438 bits per heavy atom. The molecule has 0 bridgehead atoms. The standard InChI is InChI=1S/Ca.3H3O4P/c;3*1-5(2,3)4/h;3*(H3,1,2,3,4)/q+2;;;/p-9. The second-order valence-electron chi connectivity index (χ2n) is 1.34. The van der Waals surface area contributed by atoms with Crippen LogP contribution in [0.3, 0.4) is 0 Å². The maximum atomic E-state index is 8.55.